The summed E-state index contributed by atoms with van der Waals surface area (Å²) in [7, 11) is 0.246. The first-order valence-electron chi connectivity index (χ1n) is 7.86. The third kappa shape index (κ3) is 2.99. The molecule has 0 N–H and O–H groups in total. The highest BCUT2D eigenvalue weighted by Gasteiger charge is 2.29. The lowest BCUT2D eigenvalue weighted by Gasteiger charge is -2.35. The number of halogens is 1. The summed E-state index contributed by atoms with van der Waals surface area (Å²) in [5.74, 6) is 0.967. The van der Waals surface area contributed by atoms with E-state index in [2.05, 4.69) is 101 Å². The van der Waals surface area contributed by atoms with E-state index < -0.39 is 8.46 Å². The van der Waals surface area contributed by atoms with Gasteiger partial charge in [-0.3, -0.25) is 0 Å². The molecule has 0 bridgehead atoms. The Kier molecular flexibility index (Phi) is 5.02. The van der Waals surface area contributed by atoms with Crippen LogP contribution in [-0.4, -0.2) is 7.11 Å². The smallest absolute Gasteiger partial charge is 0.124 e. The van der Waals surface area contributed by atoms with Gasteiger partial charge >= 0.3 is 0 Å². The Balaban J connectivity index is 2.28. The molecule has 0 amide bonds. The SMILES string of the molecule is COc1c(C)cc(S(Br)(c2ccccc2)c2ccccc2)cc1C. The van der Waals surface area contributed by atoms with Gasteiger partial charge in [-0.15, -0.1) is 8.46 Å². The van der Waals surface area contributed by atoms with Gasteiger partial charge < -0.3 is 4.74 Å². The summed E-state index contributed by atoms with van der Waals surface area (Å²) in [5.41, 5.74) is 2.33. The molecular weight excluding hydrogens is 380 g/mol. The molecule has 1 nitrogen and oxygen atoms in total. The number of rotatable bonds is 4. The Labute approximate surface area is 153 Å². The maximum absolute atomic E-state index is 5.55. The molecule has 3 aromatic carbocycles. The Bertz CT molecular complexity index is 768. The van der Waals surface area contributed by atoms with Gasteiger partial charge in [-0.1, -0.05) is 36.4 Å². The van der Waals surface area contributed by atoms with E-state index >= 15 is 0 Å². The highest BCUT2D eigenvalue weighted by molar-refractivity contribution is 9.58. The normalized spacial score (nSPS) is 12.0. The second-order valence-corrected chi connectivity index (χ2v) is 11.2. The van der Waals surface area contributed by atoms with Gasteiger partial charge in [-0.05, 0) is 76.2 Å². The lowest BCUT2D eigenvalue weighted by atomic mass is 10.1. The van der Waals surface area contributed by atoms with Crippen molar-refractivity contribution in [2.45, 2.75) is 28.5 Å². The average molecular weight is 401 g/mol. The second kappa shape index (κ2) is 7.04. The van der Waals surface area contributed by atoms with Crippen LogP contribution in [0.25, 0.3) is 0 Å². The van der Waals surface area contributed by atoms with Crippen LogP contribution in [0.1, 0.15) is 11.1 Å². The van der Waals surface area contributed by atoms with Crippen molar-refractivity contribution < 1.29 is 4.74 Å². The van der Waals surface area contributed by atoms with Crippen molar-refractivity contribution in [3.05, 3.63) is 83.9 Å². The molecule has 0 aliphatic heterocycles. The van der Waals surface area contributed by atoms with Crippen molar-refractivity contribution in [1.29, 1.82) is 0 Å². The predicted octanol–water partition coefficient (Wildman–Crippen LogP) is 6.90. The summed E-state index contributed by atoms with van der Waals surface area (Å²) in [6, 6.07) is 25.8. The molecule has 0 spiro atoms. The van der Waals surface area contributed by atoms with Gasteiger partial charge in [0.25, 0.3) is 0 Å². The average Bonchev–Trinajstić information content (AvgIpc) is 2.62. The van der Waals surface area contributed by atoms with E-state index in [1.54, 1.807) is 7.11 Å². The fourth-order valence-electron chi connectivity index (χ4n) is 3.02. The molecule has 24 heavy (non-hydrogen) atoms. The van der Waals surface area contributed by atoms with Crippen LogP contribution in [0.5, 0.6) is 5.75 Å². The van der Waals surface area contributed by atoms with E-state index in [1.807, 2.05) is 0 Å². The van der Waals surface area contributed by atoms with Gasteiger partial charge in [0.05, 0.1) is 7.11 Å². The summed E-state index contributed by atoms with van der Waals surface area (Å²) in [4.78, 5) is 3.87. The van der Waals surface area contributed by atoms with Crippen molar-refractivity contribution in [1.82, 2.24) is 0 Å². The van der Waals surface area contributed by atoms with Gasteiger partial charge in [0, 0.05) is 14.7 Å². The lowest BCUT2D eigenvalue weighted by Crippen LogP contribution is -1.99. The number of hydrogen-bond donors (Lipinski definition) is 0. The van der Waals surface area contributed by atoms with Crippen molar-refractivity contribution in [3.8, 4) is 5.75 Å². The van der Waals surface area contributed by atoms with E-state index in [4.69, 9.17) is 4.74 Å². The van der Waals surface area contributed by atoms with Gasteiger partial charge in [0.15, 0.2) is 0 Å². The lowest BCUT2D eigenvalue weighted by molar-refractivity contribution is 0.408. The van der Waals surface area contributed by atoms with Crippen molar-refractivity contribution in [2.24, 2.45) is 0 Å². The van der Waals surface area contributed by atoms with Crippen LogP contribution in [0, 0.1) is 13.8 Å². The molecule has 0 aromatic heterocycles. The molecule has 0 aliphatic rings. The van der Waals surface area contributed by atoms with Crippen molar-refractivity contribution >= 4 is 23.3 Å². The zero-order valence-electron chi connectivity index (χ0n) is 14.1. The predicted molar refractivity (Wildman–Crippen MR) is 107 cm³/mol. The maximum atomic E-state index is 5.55. The topological polar surface area (TPSA) is 9.23 Å². The highest BCUT2D eigenvalue weighted by Crippen LogP contribution is 2.74. The number of aryl methyl sites for hydroxylation is 2. The van der Waals surface area contributed by atoms with E-state index in [9.17, 15) is 0 Å². The first kappa shape index (κ1) is 17.1. The maximum Gasteiger partial charge on any atom is 0.124 e. The Morgan fingerprint density at radius 2 is 1.12 bits per heavy atom. The molecule has 3 aromatic rings. The van der Waals surface area contributed by atoms with Crippen molar-refractivity contribution in [3.63, 3.8) is 0 Å². The van der Waals surface area contributed by atoms with Crippen LogP contribution in [0.2, 0.25) is 0 Å². The fraction of sp³-hybridized carbons (Fsp3) is 0.143. The first-order valence-corrected chi connectivity index (χ1v) is 11.3. The number of ether oxygens (including phenoxy) is 1. The molecule has 3 rings (SSSR count). The molecule has 0 fully saturated rings. The van der Waals surface area contributed by atoms with Crippen LogP contribution in [0.4, 0.5) is 0 Å². The minimum Gasteiger partial charge on any atom is -0.496 e. The quantitative estimate of drug-likeness (QED) is 0.462. The molecular formula is C21H21BrOS. The minimum atomic E-state index is -1.49. The summed E-state index contributed by atoms with van der Waals surface area (Å²) in [5, 5.41) is 0. The zero-order chi connectivity index (χ0) is 17.2. The second-order valence-electron chi connectivity index (χ2n) is 5.75. The molecule has 0 aliphatic carbocycles. The molecule has 0 saturated carbocycles. The Hall–Kier alpha value is -1.71. The molecule has 0 saturated heterocycles. The number of methoxy groups -OCH3 is 1. The highest BCUT2D eigenvalue weighted by atomic mass is 79.9. The molecule has 0 atom stereocenters. The Morgan fingerprint density at radius 1 is 0.708 bits per heavy atom. The van der Waals surface area contributed by atoms with Gasteiger partial charge in [-0.25, -0.2) is 0 Å². The zero-order valence-corrected chi connectivity index (χ0v) is 16.5. The first-order chi connectivity index (χ1) is 11.6. The van der Waals surface area contributed by atoms with Gasteiger partial charge in [-0.2, -0.15) is 0 Å². The Morgan fingerprint density at radius 3 is 1.50 bits per heavy atom. The minimum absolute atomic E-state index is 0.967. The monoisotopic (exact) mass is 400 g/mol. The molecule has 0 unspecified atom stereocenters. The van der Waals surface area contributed by atoms with Gasteiger partial charge in [0.2, 0.25) is 0 Å². The molecule has 124 valence electrons. The number of benzene rings is 3. The molecule has 0 heterocycles. The third-order valence-corrected chi connectivity index (χ3v) is 10.2. The molecule has 0 radical (unpaired) electrons. The van der Waals surface area contributed by atoms with Crippen LogP contribution in [0.3, 0.4) is 0 Å². The van der Waals surface area contributed by atoms with Crippen LogP contribution >= 0.6 is 23.3 Å². The summed E-state index contributed by atoms with van der Waals surface area (Å²) in [6.45, 7) is 4.22. The van der Waals surface area contributed by atoms with Crippen LogP contribution in [0.15, 0.2) is 87.5 Å². The summed E-state index contributed by atoms with van der Waals surface area (Å²) >= 11 is 4.17. The standard InChI is InChI=1S/C21H21BrOS/c1-16-14-20(15-17(2)21(16)23-3)24(22,18-10-6-4-7-11-18)19-12-8-5-9-13-19/h4-15H,1-3H3. The fourth-order valence-corrected chi connectivity index (χ4v) is 7.43. The summed E-state index contributed by atoms with van der Waals surface area (Å²) in [6.07, 6.45) is 0. The van der Waals surface area contributed by atoms with Crippen LogP contribution in [-0.2, 0) is 0 Å². The third-order valence-electron chi connectivity index (χ3n) is 4.10. The van der Waals surface area contributed by atoms with E-state index in [1.165, 1.54) is 14.7 Å². The summed E-state index contributed by atoms with van der Waals surface area (Å²) < 4.78 is 5.55. The van der Waals surface area contributed by atoms with Crippen LogP contribution < -0.4 is 4.74 Å². The molecule has 3 heteroatoms. The van der Waals surface area contributed by atoms with Crippen molar-refractivity contribution in [2.75, 3.05) is 7.11 Å². The number of hydrogen-bond acceptors (Lipinski definition) is 1. The van der Waals surface area contributed by atoms with E-state index in [0.29, 0.717) is 0 Å². The largest absolute Gasteiger partial charge is 0.496 e. The van der Waals surface area contributed by atoms with E-state index in [-0.39, 0.29) is 0 Å². The van der Waals surface area contributed by atoms with E-state index in [0.717, 1.165) is 16.9 Å². The van der Waals surface area contributed by atoms with Gasteiger partial charge in [0.1, 0.15) is 5.75 Å².